The van der Waals surface area contributed by atoms with E-state index in [1.165, 1.54) is 0 Å². The fourth-order valence-corrected chi connectivity index (χ4v) is 2.38. The van der Waals surface area contributed by atoms with Gasteiger partial charge in [-0.3, -0.25) is 0 Å². The van der Waals surface area contributed by atoms with Crippen LogP contribution in [0.1, 0.15) is 26.6 Å². The first-order valence-corrected chi connectivity index (χ1v) is 6.84. The lowest BCUT2D eigenvalue weighted by Gasteiger charge is -2.17. The van der Waals surface area contributed by atoms with Crippen molar-refractivity contribution in [1.82, 2.24) is 9.55 Å². The Labute approximate surface area is 125 Å². The Balaban J connectivity index is 2.67. The highest BCUT2D eigenvalue weighted by Crippen LogP contribution is 2.37. The van der Waals surface area contributed by atoms with Gasteiger partial charge in [0.1, 0.15) is 28.8 Å². The minimum absolute atomic E-state index is 0.0901. The van der Waals surface area contributed by atoms with Crippen molar-refractivity contribution in [2.24, 2.45) is 7.05 Å². The maximum atomic E-state index is 6.25. The standard InChI is InChI=1S/C16H23N3O2/c1-16(2,3)15-18-13(14(17)19(15)4)11-9-10(20-5)7-8-12(11)21-6/h7-9H,17H2,1-6H3. The third kappa shape index (κ3) is 2.68. The number of anilines is 1. The normalized spacial score (nSPS) is 11.5. The van der Waals surface area contributed by atoms with Crippen molar-refractivity contribution in [2.45, 2.75) is 26.2 Å². The monoisotopic (exact) mass is 289 g/mol. The van der Waals surface area contributed by atoms with Crippen LogP contribution < -0.4 is 15.2 Å². The molecule has 0 bridgehead atoms. The van der Waals surface area contributed by atoms with E-state index in [0.29, 0.717) is 5.82 Å². The molecule has 2 rings (SSSR count). The molecule has 2 aromatic rings. The Hall–Kier alpha value is -2.17. The second-order valence-corrected chi connectivity index (χ2v) is 6.04. The molecule has 1 aromatic heterocycles. The van der Waals surface area contributed by atoms with Gasteiger partial charge in [0, 0.05) is 18.0 Å². The molecule has 0 unspecified atom stereocenters. The highest BCUT2D eigenvalue weighted by molar-refractivity contribution is 5.77. The number of nitrogens with zero attached hydrogens (tertiary/aromatic N) is 2. The highest BCUT2D eigenvalue weighted by atomic mass is 16.5. The molecule has 21 heavy (non-hydrogen) atoms. The molecule has 0 amide bonds. The largest absolute Gasteiger partial charge is 0.497 e. The third-order valence-corrected chi connectivity index (χ3v) is 3.47. The molecule has 5 nitrogen and oxygen atoms in total. The predicted octanol–water partition coefficient (Wildman–Crippen LogP) is 2.98. The lowest BCUT2D eigenvalue weighted by molar-refractivity contribution is 0.404. The molecule has 2 N–H and O–H groups in total. The van der Waals surface area contributed by atoms with E-state index >= 15 is 0 Å². The lowest BCUT2D eigenvalue weighted by atomic mass is 9.96. The summed E-state index contributed by atoms with van der Waals surface area (Å²) in [6.07, 6.45) is 0. The summed E-state index contributed by atoms with van der Waals surface area (Å²) in [4.78, 5) is 4.74. The van der Waals surface area contributed by atoms with Gasteiger partial charge in [0.15, 0.2) is 0 Å². The van der Waals surface area contributed by atoms with Gasteiger partial charge >= 0.3 is 0 Å². The fourth-order valence-electron chi connectivity index (χ4n) is 2.38. The third-order valence-electron chi connectivity index (χ3n) is 3.47. The Kier molecular flexibility index (Phi) is 3.85. The lowest BCUT2D eigenvalue weighted by Crippen LogP contribution is -2.17. The first kappa shape index (κ1) is 15.2. The summed E-state index contributed by atoms with van der Waals surface area (Å²) in [6.45, 7) is 6.34. The van der Waals surface area contributed by atoms with E-state index in [2.05, 4.69) is 20.8 Å². The second kappa shape index (κ2) is 5.31. The molecule has 1 heterocycles. The van der Waals surface area contributed by atoms with Crippen LogP contribution in [-0.4, -0.2) is 23.8 Å². The highest BCUT2D eigenvalue weighted by Gasteiger charge is 2.25. The minimum atomic E-state index is -0.0901. The van der Waals surface area contributed by atoms with Crippen LogP contribution in [0, 0.1) is 0 Å². The molecule has 5 heteroatoms. The van der Waals surface area contributed by atoms with Crippen LogP contribution in [0.3, 0.4) is 0 Å². The number of nitrogens with two attached hydrogens (primary N) is 1. The molecular weight excluding hydrogens is 266 g/mol. The van der Waals surface area contributed by atoms with Crippen molar-refractivity contribution in [3.63, 3.8) is 0 Å². The summed E-state index contributed by atoms with van der Waals surface area (Å²) < 4.78 is 12.6. The van der Waals surface area contributed by atoms with Crippen LogP contribution >= 0.6 is 0 Å². The zero-order valence-electron chi connectivity index (χ0n) is 13.5. The van der Waals surface area contributed by atoms with Gasteiger partial charge in [0.2, 0.25) is 0 Å². The molecule has 0 spiro atoms. The summed E-state index contributed by atoms with van der Waals surface area (Å²) in [6, 6.07) is 5.61. The van der Waals surface area contributed by atoms with Gasteiger partial charge < -0.3 is 19.8 Å². The van der Waals surface area contributed by atoms with E-state index < -0.39 is 0 Å². The predicted molar refractivity (Wildman–Crippen MR) is 84.9 cm³/mol. The van der Waals surface area contributed by atoms with Crippen LogP contribution in [0.15, 0.2) is 18.2 Å². The molecule has 0 radical (unpaired) electrons. The smallest absolute Gasteiger partial charge is 0.131 e. The number of benzene rings is 1. The quantitative estimate of drug-likeness (QED) is 0.943. The van der Waals surface area contributed by atoms with Gasteiger partial charge in [0.25, 0.3) is 0 Å². The van der Waals surface area contributed by atoms with E-state index in [-0.39, 0.29) is 5.41 Å². The van der Waals surface area contributed by atoms with Crippen molar-refractivity contribution >= 4 is 5.82 Å². The Bertz CT molecular complexity index is 654. The Morgan fingerprint density at radius 2 is 1.81 bits per heavy atom. The number of methoxy groups -OCH3 is 2. The summed E-state index contributed by atoms with van der Waals surface area (Å²) in [5.41, 5.74) is 7.72. The maximum absolute atomic E-state index is 6.25. The number of ether oxygens (including phenoxy) is 2. The number of rotatable bonds is 3. The zero-order valence-corrected chi connectivity index (χ0v) is 13.5. The molecule has 1 aromatic carbocycles. The van der Waals surface area contributed by atoms with Gasteiger partial charge in [-0.2, -0.15) is 0 Å². The van der Waals surface area contributed by atoms with Crippen LogP contribution in [0.25, 0.3) is 11.3 Å². The molecule has 0 saturated heterocycles. The van der Waals surface area contributed by atoms with Gasteiger partial charge in [-0.1, -0.05) is 20.8 Å². The molecule has 0 atom stereocenters. The molecule has 0 fully saturated rings. The fraction of sp³-hybridized carbons (Fsp3) is 0.438. The number of aromatic nitrogens is 2. The molecule has 0 saturated carbocycles. The molecule has 0 aliphatic carbocycles. The van der Waals surface area contributed by atoms with Gasteiger partial charge in [-0.15, -0.1) is 0 Å². The van der Waals surface area contributed by atoms with E-state index in [1.807, 2.05) is 29.8 Å². The molecule has 0 aliphatic rings. The summed E-state index contributed by atoms with van der Waals surface area (Å²) in [7, 11) is 5.20. The Morgan fingerprint density at radius 3 is 2.29 bits per heavy atom. The molecule has 114 valence electrons. The summed E-state index contributed by atoms with van der Waals surface area (Å²) in [5, 5.41) is 0. The van der Waals surface area contributed by atoms with Crippen LogP contribution in [0.2, 0.25) is 0 Å². The average Bonchev–Trinajstić information content (AvgIpc) is 2.74. The van der Waals surface area contributed by atoms with E-state index in [9.17, 15) is 0 Å². The molecular formula is C16H23N3O2. The first-order valence-electron chi connectivity index (χ1n) is 6.84. The zero-order chi connectivity index (χ0) is 15.8. The summed E-state index contributed by atoms with van der Waals surface area (Å²) in [5.74, 6) is 3.01. The van der Waals surface area contributed by atoms with Crippen molar-refractivity contribution < 1.29 is 9.47 Å². The van der Waals surface area contributed by atoms with Gasteiger partial charge in [0.05, 0.1) is 14.2 Å². The second-order valence-electron chi connectivity index (χ2n) is 6.04. The first-order chi connectivity index (χ1) is 9.79. The van der Waals surface area contributed by atoms with Gasteiger partial charge in [-0.05, 0) is 18.2 Å². The van der Waals surface area contributed by atoms with E-state index in [1.54, 1.807) is 14.2 Å². The Morgan fingerprint density at radius 1 is 1.14 bits per heavy atom. The number of hydrogen-bond acceptors (Lipinski definition) is 4. The maximum Gasteiger partial charge on any atom is 0.131 e. The number of imidazole rings is 1. The van der Waals surface area contributed by atoms with Crippen molar-refractivity contribution in [1.29, 1.82) is 0 Å². The van der Waals surface area contributed by atoms with E-state index in [4.69, 9.17) is 20.2 Å². The average molecular weight is 289 g/mol. The SMILES string of the molecule is COc1ccc(OC)c(-c2nc(C(C)(C)C)n(C)c2N)c1. The summed E-state index contributed by atoms with van der Waals surface area (Å²) >= 11 is 0. The van der Waals surface area contributed by atoms with Crippen LogP contribution in [0.4, 0.5) is 5.82 Å². The van der Waals surface area contributed by atoms with Crippen molar-refractivity contribution in [3.8, 4) is 22.8 Å². The number of nitrogen functional groups attached to an aromatic ring is 1. The molecule has 0 aliphatic heterocycles. The van der Waals surface area contributed by atoms with Crippen LogP contribution in [0.5, 0.6) is 11.5 Å². The van der Waals surface area contributed by atoms with Gasteiger partial charge in [-0.25, -0.2) is 4.98 Å². The van der Waals surface area contributed by atoms with E-state index in [0.717, 1.165) is 28.6 Å². The van der Waals surface area contributed by atoms with Crippen LogP contribution in [-0.2, 0) is 12.5 Å². The van der Waals surface area contributed by atoms with Crippen molar-refractivity contribution in [3.05, 3.63) is 24.0 Å². The minimum Gasteiger partial charge on any atom is -0.497 e. The topological polar surface area (TPSA) is 62.3 Å². The van der Waals surface area contributed by atoms with Crippen molar-refractivity contribution in [2.75, 3.05) is 20.0 Å². The number of hydrogen-bond donors (Lipinski definition) is 1.